The molecule has 0 amide bonds. The fourth-order valence-electron chi connectivity index (χ4n) is 10.3. The summed E-state index contributed by atoms with van der Waals surface area (Å²) in [5.41, 5.74) is 1.20. The minimum absolute atomic E-state index is 0.0358. The van der Waals surface area contributed by atoms with Crippen LogP contribution in [0.2, 0.25) is 0 Å². The van der Waals surface area contributed by atoms with Crippen molar-refractivity contribution in [2.24, 2.45) is 52.3 Å². The molecule has 184 valence electrons. The third-order valence-electron chi connectivity index (χ3n) is 11.7. The first-order chi connectivity index (χ1) is 15.0. The Kier molecular flexibility index (Phi) is 6.35. The van der Waals surface area contributed by atoms with Crippen LogP contribution in [0.5, 0.6) is 0 Å². The van der Waals surface area contributed by atoms with Crippen LogP contribution in [0.25, 0.3) is 0 Å². The zero-order valence-corrected chi connectivity index (χ0v) is 23.1. The minimum atomic E-state index is 0.0358. The summed E-state index contributed by atoms with van der Waals surface area (Å²) in [4.78, 5) is 0.0358. The van der Waals surface area contributed by atoms with E-state index in [1.165, 1.54) is 70.6 Å². The highest BCUT2D eigenvalue weighted by Crippen LogP contribution is 2.69. The summed E-state index contributed by atoms with van der Waals surface area (Å²) in [6, 6.07) is 0. The highest BCUT2D eigenvalue weighted by Gasteiger charge is 2.62. The molecular formula is C30H52OS. The van der Waals surface area contributed by atoms with Gasteiger partial charge in [0.05, 0.1) is 6.10 Å². The average Bonchev–Trinajstić information content (AvgIpc) is 3.19. The Morgan fingerprint density at radius 3 is 2.38 bits per heavy atom. The molecule has 32 heavy (non-hydrogen) atoms. The molecule has 1 aliphatic heterocycles. The molecule has 1 saturated heterocycles. The zero-order valence-electron chi connectivity index (χ0n) is 22.3. The van der Waals surface area contributed by atoms with Gasteiger partial charge in [-0.1, -0.05) is 53.9 Å². The van der Waals surface area contributed by atoms with Gasteiger partial charge in [0.1, 0.15) is 4.93 Å². The van der Waals surface area contributed by atoms with Crippen molar-refractivity contribution in [1.82, 2.24) is 0 Å². The highest BCUT2D eigenvalue weighted by atomic mass is 32.2. The predicted octanol–water partition coefficient (Wildman–Crippen LogP) is 8.95. The third kappa shape index (κ3) is 3.94. The van der Waals surface area contributed by atoms with Gasteiger partial charge in [0.25, 0.3) is 0 Å². The third-order valence-corrected chi connectivity index (χ3v) is 13.1. The van der Waals surface area contributed by atoms with E-state index in [-0.39, 0.29) is 4.93 Å². The summed E-state index contributed by atoms with van der Waals surface area (Å²) in [5.74, 6) is 6.71. The fraction of sp³-hybridized carbons (Fsp3) is 1.00. The lowest BCUT2D eigenvalue weighted by atomic mass is 9.44. The Morgan fingerprint density at radius 1 is 0.875 bits per heavy atom. The molecule has 5 fully saturated rings. The molecule has 0 N–H and O–H groups in total. The molecule has 0 aromatic carbocycles. The van der Waals surface area contributed by atoms with Crippen molar-refractivity contribution in [3.8, 4) is 0 Å². The molecule has 4 saturated carbocycles. The first-order valence-corrected chi connectivity index (χ1v) is 15.3. The van der Waals surface area contributed by atoms with Crippen LogP contribution >= 0.6 is 11.8 Å². The second-order valence-electron chi connectivity index (χ2n) is 14.3. The lowest BCUT2D eigenvalue weighted by Gasteiger charge is -2.61. The van der Waals surface area contributed by atoms with Gasteiger partial charge in [0, 0.05) is 5.25 Å². The maximum absolute atomic E-state index is 6.52. The van der Waals surface area contributed by atoms with E-state index >= 15 is 0 Å². The van der Waals surface area contributed by atoms with Crippen molar-refractivity contribution in [3.63, 3.8) is 0 Å². The van der Waals surface area contributed by atoms with Gasteiger partial charge in [-0.3, -0.25) is 0 Å². The van der Waals surface area contributed by atoms with E-state index in [2.05, 4.69) is 60.2 Å². The van der Waals surface area contributed by atoms with Crippen LogP contribution in [0.3, 0.4) is 0 Å². The highest BCUT2D eigenvalue weighted by molar-refractivity contribution is 8.01. The van der Waals surface area contributed by atoms with Crippen LogP contribution in [0.4, 0.5) is 0 Å². The van der Waals surface area contributed by atoms with Gasteiger partial charge in [-0.2, -0.15) is 0 Å². The summed E-state index contributed by atoms with van der Waals surface area (Å²) in [7, 11) is 0. The van der Waals surface area contributed by atoms with Crippen LogP contribution in [-0.4, -0.2) is 16.3 Å². The number of thioether (sulfide) groups is 1. The van der Waals surface area contributed by atoms with Crippen molar-refractivity contribution in [2.45, 2.75) is 135 Å². The lowest BCUT2D eigenvalue weighted by Crippen LogP contribution is -2.56. The lowest BCUT2D eigenvalue weighted by molar-refractivity contribution is -0.136. The van der Waals surface area contributed by atoms with E-state index in [1.807, 2.05) is 0 Å². The molecule has 10 unspecified atom stereocenters. The number of fused-ring (bicyclic) bond motifs is 6. The molecule has 1 nitrogen and oxygen atoms in total. The maximum atomic E-state index is 6.52. The standard InChI is InChI=1S/C30H52OS/c1-19(2)9-8-10-20(3)23-13-14-24-22-12-11-21-17-26-27(32-28(4,5)31-26)18-30(21,7)25(22)15-16-29(23,24)6/h19-27H,8-18H2,1-7H3. The van der Waals surface area contributed by atoms with Gasteiger partial charge < -0.3 is 4.74 Å². The Hall–Kier alpha value is 0.310. The number of hydrogen-bond donors (Lipinski definition) is 0. The minimum Gasteiger partial charge on any atom is -0.361 e. The first kappa shape index (κ1) is 24.0. The Balaban J connectivity index is 1.30. The fourth-order valence-corrected chi connectivity index (χ4v) is 11.9. The molecule has 0 aromatic heterocycles. The monoisotopic (exact) mass is 460 g/mol. The van der Waals surface area contributed by atoms with Crippen molar-refractivity contribution >= 4 is 11.8 Å². The largest absolute Gasteiger partial charge is 0.361 e. The number of rotatable bonds is 5. The Bertz CT molecular complexity index is 686. The summed E-state index contributed by atoms with van der Waals surface area (Å²) in [5, 5.41) is 0.746. The van der Waals surface area contributed by atoms with Crippen LogP contribution in [0, 0.1) is 52.3 Å². The van der Waals surface area contributed by atoms with Gasteiger partial charge >= 0.3 is 0 Å². The molecule has 0 radical (unpaired) electrons. The SMILES string of the molecule is CC(C)CCCC(C)C1CCC2C3CCC4CC5OC(C)(C)SC5CC4(C)C3CCC12C. The Labute approximate surface area is 204 Å². The molecule has 2 heteroatoms. The Morgan fingerprint density at radius 2 is 1.62 bits per heavy atom. The molecule has 0 aromatic rings. The van der Waals surface area contributed by atoms with Crippen LogP contribution in [0.15, 0.2) is 0 Å². The molecule has 5 rings (SSSR count). The average molecular weight is 461 g/mol. The van der Waals surface area contributed by atoms with Gasteiger partial charge in [0.15, 0.2) is 0 Å². The van der Waals surface area contributed by atoms with Crippen molar-refractivity contribution in [1.29, 1.82) is 0 Å². The van der Waals surface area contributed by atoms with E-state index in [1.54, 1.807) is 0 Å². The quantitative estimate of drug-likeness (QED) is 0.405. The molecular weight excluding hydrogens is 408 g/mol. The summed E-state index contributed by atoms with van der Waals surface area (Å²) in [6.45, 7) is 17.5. The van der Waals surface area contributed by atoms with Gasteiger partial charge in [-0.05, 0) is 117 Å². The van der Waals surface area contributed by atoms with Crippen molar-refractivity contribution in [3.05, 3.63) is 0 Å². The van der Waals surface area contributed by atoms with Crippen molar-refractivity contribution < 1.29 is 4.74 Å². The molecule has 4 aliphatic carbocycles. The van der Waals surface area contributed by atoms with Gasteiger partial charge in [-0.15, -0.1) is 11.8 Å². The van der Waals surface area contributed by atoms with E-state index in [9.17, 15) is 0 Å². The normalized spacial score (nSPS) is 50.4. The molecule has 5 aliphatic rings. The maximum Gasteiger partial charge on any atom is 0.108 e. The summed E-state index contributed by atoms with van der Waals surface area (Å²) >= 11 is 2.16. The van der Waals surface area contributed by atoms with E-state index in [4.69, 9.17) is 4.74 Å². The number of hydrogen-bond acceptors (Lipinski definition) is 2. The summed E-state index contributed by atoms with van der Waals surface area (Å²) < 4.78 is 6.52. The second-order valence-corrected chi connectivity index (χ2v) is 16.2. The van der Waals surface area contributed by atoms with E-state index in [0.717, 1.165) is 46.7 Å². The zero-order chi connectivity index (χ0) is 22.9. The van der Waals surface area contributed by atoms with E-state index in [0.29, 0.717) is 16.9 Å². The van der Waals surface area contributed by atoms with Gasteiger partial charge in [-0.25, -0.2) is 0 Å². The summed E-state index contributed by atoms with van der Waals surface area (Å²) in [6.07, 6.45) is 16.7. The van der Waals surface area contributed by atoms with Crippen LogP contribution < -0.4 is 0 Å². The molecule has 0 spiro atoms. The van der Waals surface area contributed by atoms with Crippen LogP contribution in [0.1, 0.15) is 119 Å². The van der Waals surface area contributed by atoms with Crippen LogP contribution in [-0.2, 0) is 4.74 Å². The van der Waals surface area contributed by atoms with Crippen molar-refractivity contribution in [2.75, 3.05) is 0 Å². The smallest absolute Gasteiger partial charge is 0.108 e. The molecule has 10 atom stereocenters. The van der Waals surface area contributed by atoms with E-state index < -0.39 is 0 Å². The molecule has 1 heterocycles. The second kappa shape index (κ2) is 8.46. The first-order valence-electron chi connectivity index (χ1n) is 14.4. The number of ether oxygens (including phenoxy) is 1. The van der Waals surface area contributed by atoms with Gasteiger partial charge in [0.2, 0.25) is 0 Å². The molecule has 0 bridgehead atoms. The topological polar surface area (TPSA) is 9.23 Å². The predicted molar refractivity (Wildman–Crippen MR) is 139 cm³/mol.